The fourth-order valence-electron chi connectivity index (χ4n) is 2.47. The lowest BCUT2D eigenvalue weighted by molar-refractivity contribution is -0.130. The third kappa shape index (κ3) is 3.67. The van der Waals surface area contributed by atoms with Crippen LogP contribution in [-0.2, 0) is 4.79 Å². The number of hydrogen-bond donors (Lipinski definition) is 2. The number of nitrogens with one attached hydrogen (secondary N) is 1. The topological polar surface area (TPSA) is 75.4 Å². The Labute approximate surface area is 131 Å². The molecule has 1 unspecified atom stereocenters. The summed E-state index contributed by atoms with van der Waals surface area (Å²) < 4.78 is 0. The zero-order valence-corrected chi connectivity index (χ0v) is 13.4. The van der Waals surface area contributed by atoms with Crippen molar-refractivity contribution in [2.24, 2.45) is 0 Å². The van der Waals surface area contributed by atoms with Crippen LogP contribution in [0.2, 0.25) is 0 Å². The standard InChI is InChI=1S/C15H21N3O2.ClH/c1-9(2)18-7-6-13(15(18)20)17-14(19)12-8-11(16)5-4-10(12)3;/h4-5,8-9,13H,6-7,16H2,1-3H3,(H,17,19);1H. The van der Waals surface area contributed by atoms with Gasteiger partial charge >= 0.3 is 0 Å². The number of carbonyl (C=O) groups excluding carboxylic acids is 2. The zero-order valence-electron chi connectivity index (χ0n) is 12.6. The summed E-state index contributed by atoms with van der Waals surface area (Å²) in [5, 5.41) is 2.81. The Morgan fingerprint density at radius 3 is 2.67 bits per heavy atom. The molecule has 0 spiro atoms. The molecule has 0 saturated carbocycles. The van der Waals surface area contributed by atoms with Gasteiger partial charge in [-0.2, -0.15) is 0 Å². The third-order valence-electron chi connectivity index (χ3n) is 3.67. The van der Waals surface area contributed by atoms with Crippen molar-refractivity contribution in [2.45, 2.75) is 39.3 Å². The minimum Gasteiger partial charge on any atom is -0.399 e. The second-order valence-corrected chi connectivity index (χ2v) is 5.51. The first-order chi connectivity index (χ1) is 9.40. The van der Waals surface area contributed by atoms with Gasteiger partial charge in [-0.1, -0.05) is 6.07 Å². The maximum absolute atomic E-state index is 12.3. The highest BCUT2D eigenvalue weighted by Crippen LogP contribution is 2.17. The molecule has 1 aliphatic heterocycles. The molecule has 1 fully saturated rings. The number of nitrogen functional groups attached to an aromatic ring is 1. The van der Waals surface area contributed by atoms with Crippen molar-refractivity contribution >= 4 is 29.9 Å². The molecule has 116 valence electrons. The van der Waals surface area contributed by atoms with E-state index in [2.05, 4.69) is 5.32 Å². The summed E-state index contributed by atoms with van der Waals surface area (Å²) >= 11 is 0. The zero-order chi connectivity index (χ0) is 14.9. The van der Waals surface area contributed by atoms with Crippen LogP contribution in [0.25, 0.3) is 0 Å². The van der Waals surface area contributed by atoms with Gasteiger partial charge in [0, 0.05) is 23.8 Å². The minimum absolute atomic E-state index is 0. The highest BCUT2D eigenvalue weighted by atomic mass is 35.5. The van der Waals surface area contributed by atoms with E-state index < -0.39 is 6.04 Å². The Morgan fingerprint density at radius 2 is 2.10 bits per heavy atom. The van der Waals surface area contributed by atoms with Gasteiger partial charge in [-0.3, -0.25) is 9.59 Å². The molecule has 1 atom stereocenters. The molecule has 1 aliphatic rings. The van der Waals surface area contributed by atoms with Crippen LogP contribution < -0.4 is 11.1 Å². The van der Waals surface area contributed by atoms with E-state index in [0.29, 0.717) is 24.2 Å². The minimum atomic E-state index is -0.425. The van der Waals surface area contributed by atoms with E-state index in [4.69, 9.17) is 5.73 Å². The Bertz CT molecular complexity index is 546. The molecule has 0 radical (unpaired) electrons. The van der Waals surface area contributed by atoms with Crippen molar-refractivity contribution in [1.29, 1.82) is 0 Å². The molecular weight excluding hydrogens is 290 g/mol. The normalized spacial score (nSPS) is 17.8. The van der Waals surface area contributed by atoms with Crippen LogP contribution in [0.4, 0.5) is 5.69 Å². The number of rotatable bonds is 3. The van der Waals surface area contributed by atoms with Crippen LogP contribution >= 0.6 is 12.4 Å². The Balaban J connectivity index is 0.00000220. The first-order valence-electron chi connectivity index (χ1n) is 6.87. The average molecular weight is 312 g/mol. The van der Waals surface area contributed by atoms with Gasteiger partial charge in [-0.25, -0.2) is 0 Å². The van der Waals surface area contributed by atoms with Crippen LogP contribution in [0, 0.1) is 6.92 Å². The summed E-state index contributed by atoms with van der Waals surface area (Å²) in [6.45, 7) is 6.50. The summed E-state index contributed by atoms with van der Waals surface area (Å²) in [5.74, 6) is -0.242. The second kappa shape index (κ2) is 6.80. The van der Waals surface area contributed by atoms with Crippen LogP contribution in [0.1, 0.15) is 36.2 Å². The van der Waals surface area contributed by atoms with E-state index in [1.165, 1.54) is 0 Å². The van der Waals surface area contributed by atoms with Gasteiger partial charge in [0.15, 0.2) is 0 Å². The number of likely N-dealkylation sites (tertiary alicyclic amines) is 1. The first-order valence-corrected chi connectivity index (χ1v) is 6.87. The summed E-state index contributed by atoms with van der Waals surface area (Å²) in [5.41, 5.74) is 7.63. The second-order valence-electron chi connectivity index (χ2n) is 5.51. The Morgan fingerprint density at radius 1 is 1.43 bits per heavy atom. The van der Waals surface area contributed by atoms with Gasteiger partial charge in [0.05, 0.1) is 0 Å². The molecule has 1 heterocycles. The molecule has 0 aliphatic carbocycles. The van der Waals surface area contributed by atoms with Crippen molar-refractivity contribution in [2.75, 3.05) is 12.3 Å². The van der Waals surface area contributed by atoms with Crippen molar-refractivity contribution < 1.29 is 9.59 Å². The van der Waals surface area contributed by atoms with Gasteiger partial charge in [0.1, 0.15) is 6.04 Å². The largest absolute Gasteiger partial charge is 0.399 e. The fourth-order valence-corrected chi connectivity index (χ4v) is 2.47. The molecule has 1 saturated heterocycles. The highest BCUT2D eigenvalue weighted by Gasteiger charge is 2.34. The quantitative estimate of drug-likeness (QED) is 0.835. The van der Waals surface area contributed by atoms with E-state index in [-0.39, 0.29) is 30.3 Å². The summed E-state index contributed by atoms with van der Waals surface area (Å²) in [7, 11) is 0. The first kappa shape index (κ1) is 17.3. The number of carbonyl (C=O) groups is 2. The predicted molar refractivity (Wildman–Crippen MR) is 85.6 cm³/mol. The molecule has 1 aromatic rings. The Kier molecular flexibility index (Phi) is 5.61. The SMILES string of the molecule is Cc1ccc(N)cc1C(=O)NC1CCN(C(C)C)C1=O.Cl. The van der Waals surface area contributed by atoms with Gasteiger partial charge in [0.2, 0.25) is 5.91 Å². The van der Waals surface area contributed by atoms with Crippen LogP contribution in [0.5, 0.6) is 0 Å². The van der Waals surface area contributed by atoms with Crippen LogP contribution in [0.15, 0.2) is 18.2 Å². The van der Waals surface area contributed by atoms with E-state index in [0.717, 1.165) is 5.56 Å². The highest BCUT2D eigenvalue weighted by molar-refractivity contribution is 5.99. The van der Waals surface area contributed by atoms with Crippen molar-refractivity contribution in [1.82, 2.24) is 10.2 Å². The third-order valence-corrected chi connectivity index (χ3v) is 3.67. The van der Waals surface area contributed by atoms with Gasteiger partial charge in [-0.15, -0.1) is 12.4 Å². The monoisotopic (exact) mass is 311 g/mol. The molecular formula is C15H22ClN3O2. The number of nitrogens with zero attached hydrogens (tertiary/aromatic N) is 1. The predicted octanol–water partition coefficient (Wildman–Crippen LogP) is 1.74. The number of nitrogens with two attached hydrogens (primary N) is 1. The number of anilines is 1. The molecule has 1 aromatic carbocycles. The van der Waals surface area contributed by atoms with E-state index >= 15 is 0 Å². The lowest BCUT2D eigenvalue weighted by atomic mass is 10.1. The lowest BCUT2D eigenvalue weighted by Crippen LogP contribution is -2.43. The van der Waals surface area contributed by atoms with Crippen molar-refractivity contribution in [3.8, 4) is 0 Å². The van der Waals surface area contributed by atoms with Crippen molar-refractivity contribution in [3.63, 3.8) is 0 Å². The smallest absolute Gasteiger partial charge is 0.252 e. The lowest BCUT2D eigenvalue weighted by Gasteiger charge is -2.21. The summed E-state index contributed by atoms with van der Waals surface area (Å²) in [4.78, 5) is 26.2. The fraction of sp³-hybridized carbons (Fsp3) is 0.467. The molecule has 21 heavy (non-hydrogen) atoms. The maximum atomic E-state index is 12.3. The molecule has 2 amide bonds. The van der Waals surface area contributed by atoms with E-state index in [1.807, 2.05) is 20.8 Å². The molecule has 0 aromatic heterocycles. The van der Waals surface area contributed by atoms with Gasteiger partial charge < -0.3 is 16.0 Å². The summed E-state index contributed by atoms with van der Waals surface area (Å²) in [6, 6.07) is 4.95. The van der Waals surface area contributed by atoms with Crippen LogP contribution in [-0.4, -0.2) is 35.3 Å². The molecule has 6 heteroatoms. The number of hydrogen-bond acceptors (Lipinski definition) is 3. The molecule has 3 N–H and O–H groups in total. The molecule has 2 rings (SSSR count). The molecule has 5 nitrogen and oxygen atoms in total. The number of halogens is 1. The Hall–Kier alpha value is -1.75. The van der Waals surface area contributed by atoms with Crippen molar-refractivity contribution in [3.05, 3.63) is 29.3 Å². The van der Waals surface area contributed by atoms with E-state index in [9.17, 15) is 9.59 Å². The maximum Gasteiger partial charge on any atom is 0.252 e. The van der Waals surface area contributed by atoms with Gasteiger partial charge in [-0.05, 0) is 44.9 Å². The van der Waals surface area contributed by atoms with Gasteiger partial charge in [0.25, 0.3) is 5.91 Å². The average Bonchev–Trinajstić information content (AvgIpc) is 2.74. The summed E-state index contributed by atoms with van der Waals surface area (Å²) in [6.07, 6.45) is 0.657. The number of aryl methyl sites for hydroxylation is 1. The van der Waals surface area contributed by atoms with Crippen LogP contribution in [0.3, 0.4) is 0 Å². The van der Waals surface area contributed by atoms with E-state index in [1.54, 1.807) is 23.1 Å². The number of amides is 2. The molecule has 0 bridgehead atoms. The number of benzene rings is 1.